The summed E-state index contributed by atoms with van der Waals surface area (Å²) < 4.78 is 5.67. The molecule has 4 nitrogen and oxygen atoms in total. The summed E-state index contributed by atoms with van der Waals surface area (Å²) in [6.07, 6.45) is 0.384. The molecule has 0 heterocycles. The fourth-order valence-electron chi connectivity index (χ4n) is 2.61. The molecule has 0 spiro atoms. The smallest absolute Gasteiger partial charge is 0.312 e. The van der Waals surface area contributed by atoms with Crippen molar-refractivity contribution in [2.75, 3.05) is 11.5 Å². The molecular weight excluding hydrogens is 336 g/mol. The molecule has 0 amide bonds. The van der Waals surface area contributed by atoms with Crippen molar-refractivity contribution in [1.82, 2.24) is 0 Å². The SMILES string of the molecule is CC(C)(C)c1cccc(OC(=O)CCSCCC(=O)O)c1C(C)(C)C. The van der Waals surface area contributed by atoms with Gasteiger partial charge in [-0.25, -0.2) is 0 Å². The van der Waals surface area contributed by atoms with Crippen LogP contribution in [0, 0.1) is 0 Å². The fraction of sp³-hybridized carbons (Fsp3) is 0.600. The molecule has 0 saturated heterocycles. The van der Waals surface area contributed by atoms with Gasteiger partial charge >= 0.3 is 11.9 Å². The summed E-state index contributed by atoms with van der Waals surface area (Å²) in [5.74, 6) is 0.606. The first-order chi connectivity index (χ1) is 11.4. The average Bonchev–Trinajstić information content (AvgIpc) is 2.44. The highest BCUT2D eigenvalue weighted by atomic mass is 32.2. The Bertz CT molecular complexity index is 609. The van der Waals surface area contributed by atoms with Gasteiger partial charge in [0, 0.05) is 17.1 Å². The summed E-state index contributed by atoms with van der Waals surface area (Å²) in [4.78, 5) is 22.7. The molecule has 0 radical (unpaired) electrons. The van der Waals surface area contributed by atoms with Gasteiger partial charge in [-0.2, -0.15) is 11.8 Å². The number of carboxylic acids is 1. The van der Waals surface area contributed by atoms with Crippen molar-refractivity contribution in [3.8, 4) is 5.75 Å². The Morgan fingerprint density at radius 2 is 1.60 bits per heavy atom. The number of carboxylic acid groups (broad SMARTS) is 1. The van der Waals surface area contributed by atoms with Crippen LogP contribution in [0.3, 0.4) is 0 Å². The molecule has 0 fully saturated rings. The van der Waals surface area contributed by atoms with Crippen molar-refractivity contribution < 1.29 is 19.4 Å². The third-order valence-electron chi connectivity index (χ3n) is 3.72. The van der Waals surface area contributed by atoms with Crippen LogP contribution >= 0.6 is 11.8 Å². The zero-order chi connectivity index (χ0) is 19.3. The fourth-order valence-corrected chi connectivity index (χ4v) is 3.44. The van der Waals surface area contributed by atoms with Crippen LogP contribution in [-0.4, -0.2) is 28.6 Å². The van der Waals surface area contributed by atoms with Crippen LogP contribution in [0.25, 0.3) is 0 Å². The Morgan fingerprint density at radius 1 is 1.00 bits per heavy atom. The molecule has 25 heavy (non-hydrogen) atoms. The van der Waals surface area contributed by atoms with E-state index in [1.165, 1.54) is 17.3 Å². The predicted octanol–water partition coefficient (Wildman–Crippen LogP) is 4.79. The molecule has 1 N–H and O–H groups in total. The van der Waals surface area contributed by atoms with E-state index >= 15 is 0 Å². The topological polar surface area (TPSA) is 63.6 Å². The molecule has 0 bridgehead atoms. The molecule has 5 heteroatoms. The van der Waals surface area contributed by atoms with Crippen LogP contribution in [-0.2, 0) is 20.4 Å². The van der Waals surface area contributed by atoms with Crippen LogP contribution in [0.2, 0.25) is 0 Å². The van der Waals surface area contributed by atoms with E-state index in [4.69, 9.17) is 9.84 Å². The Balaban J connectivity index is 2.85. The summed E-state index contributed by atoms with van der Waals surface area (Å²) in [6.45, 7) is 12.8. The van der Waals surface area contributed by atoms with E-state index in [9.17, 15) is 9.59 Å². The van der Waals surface area contributed by atoms with Gasteiger partial charge in [-0.05, 0) is 22.5 Å². The quantitative estimate of drug-likeness (QED) is 0.427. The molecule has 0 unspecified atom stereocenters. The molecule has 0 aliphatic heterocycles. The number of hydrogen-bond donors (Lipinski definition) is 1. The van der Waals surface area contributed by atoms with Crippen molar-refractivity contribution >= 4 is 23.7 Å². The van der Waals surface area contributed by atoms with Crippen molar-refractivity contribution in [1.29, 1.82) is 0 Å². The van der Waals surface area contributed by atoms with Crippen LogP contribution in [0.4, 0.5) is 0 Å². The van der Waals surface area contributed by atoms with E-state index in [-0.39, 0.29) is 29.6 Å². The van der Waals surface area contributed by atoms with Gasteiger partial charge in [0.2, 0.25) is 0 Å². The summed E-state index contributed by atoms with van der Waals surface area (Å²) in [5, 5.41) is 8.61. The van der Waals surface area contributed by atoms with Crippen LogP contribution in [0.1, 0.15) is 65.5 Å². The third-order valence-corrected chi connectivity index (χ3v) is 4.70. The zero-order valence-electron chi connectivity index (χ0n) is 16.1. The van der Waals surface area contributed by atoms with E-state index in [1.807, 2.05) is 12.1 Å². The largest absolute Gasteiger partial charge is 0.481 e. The van der Waals surface area contributed by atoms with Gasteiger partial charge in [0.15, 0.2) is 0 Å². The van der Waals surface area contributed by atoms with Crippen molar-refractivity contribution in [2.24, 2.45) is 0 Å². The molecule has 1 aromatic carbocycles. The number of carbonyl (C=O) groups is 2. The average molecular weight is 367 g/mol. The van der Waals surface area contributed by atoms with Crippen molar-refractivity contribution in [3.63, 3.8) is 0 Å². The lowest BCUT2D eigenvalue weighted by Gasteiger charge is -2.31. The molecule has 1 rings (SSSR count). The lowest BCUT2D eigenvalue weighted by molar-refractivity contribution is -0.136. The van der Waals surface area contributed by atoms with Gasteiger partial charge in [0.05, 0.1) is 12.8 Å². The summed E-state index contributed by atoms with van der Waals surface area (Å²) in [5.41, 5.74) is 2.06. The maximum absolute atomic E-state index is 12.2. The Kier molecular flexibility index (Phi) is 7.54. The zero-order valence-corrected chi connectivity index (χ0v) is 17.0. The molecule has 0 atom stereocenters. The first-order valence-corrected chi connectivity index (χ1v) is 9.72. The van der Waals surface area contributed by atoms with E-state index in [0.29, 0.717) is 17.3 Å². The molecule has 0 aromatic heterocycles. The normalized spacial score (nSPS) is 12.1. The highest BCUT2D eigenvalue weighted by Crippen LogP contribution is 2.39. The minimum atomic E-state index is -0.816. The second kappa shape index (κ2) is 8.75. The van der Waals surface area contributed by atoms with E-state index in [0.717, 1.165) is 5.56 Å². The lowest BCUT2D eigenvalue weighted by Crippen LogP contribution is -2.24. The maximum Gasteiger partial charge on any atom is 0.312 e. The van der Waals surface area contributed by atoms with Gasteiger partial charge in [0.25, 0.3) is 0 Å². The molecule has 140 valence electrons. The monoisotopic (exact) mass is 366 g/mol. The maximum atomic E-state index is 12.2. The van der Waals surface area contributed by atoms with E-state index in [2.05, 4.69) is 47.6 Å². The van der Waals surface area contributed by atoms with Crippen LogP contribution < -0.4 is 4.74 Å². The van der Waals surface area contributed by atoms with Crippen LogP contribution in [0.5, 0.6) is 5.75 Å². The van der Waals surface area contributed by atoms with Gasteiger partial charge < -0.3 is 9.84 Å². The Labute approximate surface area is 155 Å². The number of carbonyl (C=O) groups excluding carboxylic acids is 1. The first-order valence-electron chi connectivity index (χ1n) is 8.57. The minimum Gasteiger partial charge on any atom is -0.481 e. The minimum absolute atomic E-state index is 0.0439. The van der Waals surface area contributed by atoms with E-state index < -0.39 is 5.97 Å². The van der Waals surface area contributed by atoms with Crippen LogP contribution in [0.15, 0.2) is 18.2 Å². The molecule has 0 saturated carbocycles. The second-order valence-corrected chi connectivity index (χ2v) is 9.38. The number of rotatable bonds is 7. The molecule has 1 aromatic rings. The molecular formula is C20H30O4S. The molecule has 0 aliphatic rings. The highest BCUT2D eigenvalue weighted by molar-refractivity contribution is 7.99. The number of esters is 1. The lowest BCUT2D eigenvalue weighted by atomic mass is 9.75. The number of thioether (sulfide) groups is 1. The van der Waals surface area contributed by atoms with Crippen molar-refractivity contribution in [3.05, 3.63) is 29.3 Å². The first kappa shape index (κ1) is 21.6. The Morgan fingerprint density at radius 3 is 2.12 bits per heavy atom. The van der Waals surface area contributed by atoms with Crippen molar-refractivity contribution in [2.45, 2.75) is 65.2 Å². The number of hydrogen-bond acceptors (Lipinski definition) is 4. The standard InChI is InChI=1S/C20H30O4S/c1-19(2,3)14-8-7-9-15(18(14)20(4,5)6)24-17(23)11-13-25-12-10-16(21)22/h7-9H,10-13H2,1-6H3,(H,21,22). The summed E-state index contributed by atoms with van der Waals surface area (Å²) in [7, 11) is 0. The van der Waals surface area contributed by atoms with Gasteiger partial charge in [-0.3, -0.25) is 9.59 Å². The van der Waals surface area contributed by atoms with Gasteiger partial charge in [-0.15, -0.1) is 0 Å². The molecule has 0 aliphatic carbocycles. The highest BCUT2D eigenvalue weighted by Gasteiger charge is 2.29. The summed E-state index contributed by atoms with van der Waals surface area (Å²) >= 11 is 1.46. The number of aliphatic carboxylic acids is 1. The number of benzene rings is 1. The summed E-state index contributed by atoms with van der Waals surface area (Å²) in [6, 6.07) is 5.88. The second-order valence-electron chi connectivity index (χ2n) is 8.16. The third kappa shape index (κ3) is 7.10. The van der Waals surface area contributed by atoms with Gasteiger partial charge in [-0.1, -0.05) is 53.7 Å². The van der Waals surface area contributed by atoms with Gasteiger partial charge in [0.1, 0.15) is 5.75 Å². The van der Waals surface area contributed by atoms with E-state index in [1.54, 1.807) is 0 Å². The Hall–Kier alpha value is -1.49. The predicted molar refractivity (Wildman–Crippen MR) is 104 cm³/mol. The number of ether oxygens (including phenoxy) is 1.